The molecule has 0 saturated carbocycles. The quantitative estimate of drug-likeness (QED) is 0.735. The van der Waals surface area contributed by atoms with E-state index in [1.165, 1.54) is 16.9 Å². The van der Waals surface area contributed by atoms with Crippen LogP contribution in [0.3, 0.4) is 0 Å². The number of hydrogen-bond donors (Lipinski definition) is 0. The summed E-state index contributed by atoms with van der Waals surface area (Å²) in [6.45, 7) is 4.86. The molecule has 1 aliphatic heterocycles. The van der Waals surface area contributed by atoms with Crippen LogP contribution in [0.25, 0.3) is 4.96 Å². The first-order chi connectivity index (χ1) is 11.6. The van der Waals surface area contributed by atoms with Gasteiger partial charge in [-0.15, -0.1) is 10.2 Å². The van der Waals surface area contributed by atoms with E-state index in [9.17, 15) is 4.79 Å². The maximum atomic E-state index is 12.8. The van der Waals surface area contributed by atoms with E-state index in [4.69, 9.17) is 0 Å². The lowest BCUT2D eigenvalue weighted by Crippen LogP contribution is -2.39. The predicted molar refractivity (Wildman–Crippen MR) is 93.4 cm³/mol. The first-order valence-corrected chi connectivity index (χ1v) is 8.99. The summed E-state index contributed by atoms with van der Waals surface area (Å²) >= 11 is 1.50. The van der Waals surface area contributed by atoms with Gasteiger partial charge in [0.25, 0.3) is 0 Å². The van der Waals surface area contributed by atoms with Crippen molar-refractivity contribution in [3.63, 3.8) is 0 Å². The molecule has 0 N–H and O–H groups in total. The summed E-state index contributed by atoms with van der Waals surface area (Å²) in [6, 6.07) is 8.21. The number of benzene rings is 1. The van der Waals surface area contributed by atoms with E-state index >= 15 is 0 Å². The van der Waals surface area contributed by atoms with Gasteiger partial charge in [0.15, 0.2) is 5.82 Å². The Kier molecular flexibility index (Phi) is 3.80. The third kappa shape index (κ3) is 2.69. The maximum absolute atomic E-state index is 12.8. The zero-order chi connectivity index (χ0) is 16.7. The Morgan fingerprint density at radius 1 is 1.33 bits per heavy atom. The minimum Gasteiger partial charge on any atom is -0.312 e. The predicted octanol–water partition coefficient (Wildman–Crippen LogP) is 2.65. The lowest BCUT2D eigenvalue weighted by atomic mass is 9.93. The highest BCUT2D eigenvalue weighted by Crippen LogP contribution is 2.30. The molecular weight excluding hydrogens is 322 g/mol. The van der Waals surface area contributed by atoms with Gasteiger partial charge in [0.2, 0.25) is 10.9 Å². The highest BCUT2D eigenvalue weighted by Gasteiger charge is 2.26. The Bertz CT molecular complexity index is 899. The molecule has 0 saturated heterocycles. The van der Waals surface area contributed by atoms with Crippen molar-refractivity contribution in [2.45, 2.75) is 33.1 Å². The van der Waals surface area contributed by atoms with Gasteiger partial charge in [-0.2, -0.15) is 9.61 Å². The molecule has 7 heteroatoms. The molecule has 0 radical (unpaired) electrons. The molecule has 3 heterocycles. The van der Waals surface area contributed by atoms with Gasteiger partial charge >= 0.3 is 0 Å². The number of hydrogen-bond acceptors (Lipinski definition) is 5. The van der Waals surface area contributed by atoms with Crippen molar-refractivity contribution in [2.75, 3.05) is 11.4 Å². The molecule has 1 atom stereocenters. The molecule has 4 rings (SSSR count). The largest absolute Gasteiger partial charge is 0.312 e. The van der Waals surface area contributed by atoms with Crippen LogP contribution in [0.1, 0.15) is 29.7 Å². The molecule has 2 aromatic heterocycles. The van der Waals surface area contributed by atoms with Crippen LogP contribution >= 0.6 is 11.3 Å². The first-order valence-electron chi connectivity index (χ1n) is 8.18. The average molecular weight is 341 g/mol. The van der Waals surface area contributed by atoms with Crippen molar-refractivity contribution in [2.24, 2.45) is 5.92 Å². The molecule has 124 valence electrons. The molecule has 6 nitrogen and oxygen atoms in total. The van der Waals surface area contributed by atoms with Gasteiger partial charge in [0.05, 0.1) is 0 Å². The van der Waals surface area contributed by atoms with Crippen molar-refractivity contribution in [3.05, 3.63) is 40.7 Å². The number of nitrogens with zero attached hydrogens (tertiary/aromatic N) is 5. The van der Waals surface area contributed by atoms with Crippen molar-refractivity contribution < 1.29 is 4.79 Å². The third-order valence-electron chi connectivity index (χ3n) is 4.39. The van der Waals surface area contributed by atoms with Gasteiger partial charge < -0.3 is 4.90 Å². The Hall–Kier alpha value is -2.28. The lowest BCUT2D eigenvalue weighted by Gasteiger charge is -2.33. The molecule has 0 fully saturated rings. The van der Waals surface area contributed by atoms with E-state index in [0.717, 1.165) is 34.4 Å². The Balaban J connectivity index is 1.50. The molecule has 3 aromatic rings. The number of anilines is 1. The van der Waals surface area contributed by atoms with Gasteiger partial charge in [-0.1, -0.05) is 36.5 Å². The van der Waals surface area contributed by atoms with E-state index in [2.05, 4.69) is 28.3 Å². The summed E-state index contributed by atoms with van der Waals surface area (Å²) in [6.07, 6.45) is 2.14. The van der Waals surface area contributed by atoms with Crippen molar-refractivity contribution >= 4 is 27.9 Å². The summed E-state index contributed by atoms with van der Waals surface area (Å²) in [5.74, 6) is 1.43. The molecule has 0 aliphatic carbocycles. The SMILES string of the molecule is Cc1nnc2sc(CCC(=O)N3CC(C)Cc4ccccc43)nn12. The molecular formula is C17H19N5OS. The van der Waals surface area contributed by atoms with Crippen LogP contribution in [-0.4, -0.2) is 32.3 Å². The third-order valence-corrected chi connectivity index (χ3v) is 5.35. The monoisotopic (exact) mass is 341 g/mol. The van der Waals surface area contributed by atoms with E-state index < -0.39 is 0 Å². The van der Waals surface area contributed by atoms with Crippen LogP contribution in [0.15, 0.2) is 24.3 Å². The smallest absolute Gasteiger partial charge is 0.234 e. The fourth-order valence-electron chi connectivity index (χ4n) is 3.24. The Morgan fingerprint density at radius 2 is 2.17 bits per heavy atom. The summed E-state index contributed by atoms with van der Waals surface area (Å²) in [5.41, 5.74) is 2.33. The van der Waals surface area contributed by atoms with Crippen molar-refractivity contribution in [3.8, 4) is 0 Å². The number of aromatic nitrogens is 4. The van der Waals surface area contributed by atoms with Crippen LogP contribution < -0.4 is 4.90 Å². The number of rotatable bonds is 3. The molecule has 0 bridgehead atoms. The van der Waals surface area contributed by atoms with Gasteiger partial charge in [-0.25, -0.2) is 0 Å². The zero-order valence-electron chi connectivity index (χ0n) is 13.8. The van der Waals surface area contributed by atoms with Crippen LogP contribution in [-0.2, 0) is 17.6 Å². The van der Waals surface area contributed by atoms with Crippen molar-refractivity contribution in [1.29, 1.82) is 0 Å². The molecule has 0 spiro atoms. The van der Waals surface area contributed by atoms with Gasteiger partial charge in [0, 0.05) is 25.1 Å². The van der Waals surface area contributed by atoms with Crippen LogP contribution in [0, 0.1) is 12.8 Å². The fraction of sp³-hybridized carbons (Fsp3) is 0.412. The fourth-order valence-corrected chi connectivity index (χ4v) is 4.12. The minimum atomic E-state index is 0.164. The van der Waals surface area contributed by atoms with Crippen LogP contribution in [0.2, 0.25) is 0 Å². The number of para-hydroxylation sites is 1. The summed E-state index contributed by atoms with van der Waals surface area (Å²) in [7, 11) is 0. The molecule has 1 aliphatic rings. The molecule has 1 aromatic carbocycles. The van der Waals surface area contributed by atoms with E-state index in [1.807, 2.05) is 30.0 Å². The topological polar surface area (TPSA) is 63.4 Å². The number of carbonyl (C=O) groups is 1. The van der Waals surface area contributed by atoms with Crippen LogP contribution in [0.4, 0.5) is 5.69 Å². The lowest BCUT2D eigenvalue weighted by molar-refractivity contribution is -0.118. The Morgan fingerprint density at radius 3 is 3.00 bits per heavy atom. The second-order valence-corrected chi connectivity index (χ2v) is 7.42. The standard InChI is InChI=1S/C17H19N5OS/c1-11-9-13-5-3-4-6-14(13)21(10-11)16(23)8-7-15-20-22-12(2)18-19-17(22)24-15/h3-6,11H,7-10H2,1-2H3. The summed E-state index contributed by atoms with van der Waals surface area (Å²) in [5, 5.41) is 13.5. The molecule has 1 amide bonds. The van der Waals surface area contributed by atoms with Gasteiger partial charge in [-0.05, 0) is 30.9 Å². The second-order valence-electron chi connectivity index (χ2n) is 6.38. The normalized spacial score (nSPS) is 17.2. The second kappa shape index (κ2) is 5.98. The Labute approximate surface area is 144 Å². The van der Waals surface area contributed by atoms with Gasteiger partial charge in [0.1, 0.15) is 5.01 Å². The number of aryl methyl sites for hydroxylation is 2. The number of fused-ring (bicyclic) bond motifs is 2. The number of carbonyl (C=O) groups excluding carboxylic acids is 1. The summed E-state index contributed by atoms with van der Waals surface area (Å²) in [4.78, 5) is 15.5. The van der Waals surface area contributed by atoms with Crippen molar-refractivity contribution in [1.82, 2.24) is 19.8 Å². The number of amides is 1. The first kappa shape index (κ1) is 15.3. The van der Waals surface area contributed by atoms with E-state index in [0.29, 0.717) is 18.8 Å². The molecule has 1 unspecified atom stereocenters. The van der Waals surface area contributed by atoms with E-state index in [1.54, 1.807) is 4.52 Å². The summed E-state index contributed by atoms with van der Waals surface area (Å²) < 4.78 is 1.74. The minimum absolute atomic E-state index is 0.164. The van der Waals surface area contributed by atoms with Crippen LogP contribution in [0.5, 0.6) is 0 Å². The highest BCUT2D eigenvalue weighted by molar-refractivity contribution is 7.16. The average Bonchev–Trinajstić information content (AvgIpc) is 3.13. The van der Waals surface area contributed by atoms with Gasteiger partial charge in [-0.3, -0.25) is 4.79 Å². The zero-order valence-corrected chi connectivity index (χ0v) is 14.6. The van der Waals surface area contributed by atoms with E-state index in [-0.39, 0.29) is 5.91 Å². The molecule has 24 heavy (non-hydrogen) atoms. The maximum Gasteiger partial charge on any atom is 0.234 e. The highest BCUT2D eigenvalue weighted by atomic mass is 32.1.